The number of aliphatic hydroxyl groups is 1. The molecule has 5 heteroatoms. The molecule has 0 amide bonds. The normalized spacial score (nSPS) is 18.8. The Morgan fingerprint density at radius 1 is 0.917 bits per heavy atom. The van der Waals surface area contributed by atoms with E-state index >= 15 is 0 Å². The molecule has 1 fully saturated rings. The van der Waals surface area contributed by atoms with Crippen molar-refractivity contribution in [1.29, 1.82) is 0 Å². The quantitative estimate of drug-likeness (QED) is 0.311. The lowest BCUT2D eigenvalue weighted by Crippen LogP contribution is -2.35. The van der Waals surface area contributed by atoms with Crippen molar-refractivity contribution in [2.75, 3.05) is 13.2 Å². The van der Waals surface area contributed by atoms with Gasteiger partial charge in [0.25, 0.3) is 0 Å². The summed E-state index contributed by atoms with van der Waals surface area (Å²) in [5.74, 6) is 1.86. The van der Waals surface area contributed by atoms with Crippen molar-refractivity contribution in [3.63, 3.8) is 0 Å². The van der Waals surface area contributed by atoms with E-state index in [2.05, 4.69) is 23.5 Å². The van der Waals surface area contributed by atoms with Crippen LogP contribution in [0.3, 0.4) is 0 Å². The van der Waals surface area contributed by atoms with Crippen LogP contribution in [-0.2, 0) is 6.61 Å². The summed E-state index contributed by atoms with van der Waals surface area (Å²) in [6.45, 7) is 1.78. The van der Waals surface area contributed by atoms with Crippen LogP contribution in [0.25, 0.3) is 21.9 Å². The summed E-state index contributed by atoms with van der Waals surface area (Å²) in [6.07, 6.45) is 4.49. The molecule has 3 N–H and O–H groups in total. The van der Waals surface area contributed by atoms with Gasteiger partial charge < -0.3 is 25.0 Å². The molecule has 184 valence electrons. The van der Waals surface area contributed by atoms with Gasteiger partial charge in [-0.05, 0) is 83.6 Å². The average molecular weight is 482 g/mol. The summed E-state index contributed by atoms with van der Waals surface area (Å²) in [7, 11) is 0. The molecule has 2 atom stereocenters. The van der Waals surface area contributed by atoms with Crippen molar-refractivity contribution in [1.82, 2.24) is 5.32 Å². The molecule has 4 aromatic carbocycles. The van der Waals surface area contributed by atoms with Crippen LogP contribution in [0.15, 0.2) is 72.8 Å². The number of ether oxygens (including phenoxy) is 2. The highest BCUT2D eigenvalue weighted by Crippen LogP contribution is 2.48. The second kappa shape index (κ2) is 9.84. The molecule has 2 unspecified atom stereocenters. The van der Waals surface area contributed by atoms with E-state index < -0.39 is 0 Å². The first kappa shape index (κ1) is 22.9. The highest BCUT2D eigenvalue weighted by atomic mass is 16.5. The van der Waals surface area contributed by atoms with Crippen LogP contribution in [0.5, 0.6) is 17.2 Å². The van der Waals surface area contributed by atoms with Gasteiger partial charge in [0.2, 0.25) is 0 Å². The third-order valence-electron chi connectivity index (χ3n) is 7.40. The van der Waals surface area contributed by atoms with Gasteiger partial charge in [0.05, 0.1) is 13.2 Å². The van der Waals surface area contributed by atoms with Crippen LogP contribution in [0.1, 0.15) is 48.5 Å². The van der Waals surface area contributed by atoms with E-state index in [4.69, 9.17) is 9.47 Å². The maximum absolute atomic E-state index is 10.0. The molecule has 0 aliphatic carbocycles. The molecule has 2 heterocycles. The van der Waals surface area contributed by atoms with Crippen LogP contribution >= 0.6 is 0 Å². The van der Waals surface area contributed by atoms with E-state index in [1.807, 2.05) is 42.5 Å². The topological polar surface area (TPSA) is 71.0 Å². The summed E-state index contributed by atoms with van der Waals surface area (Å²) in [4.78, 5) is 0. The van der Waals surface area contributed by atoms with Gasteiger partial charge in [-0.25, -0.2) is 0 Å². The largest absolute Gasteiger partial charge is 0.508 e. The minimum absolute atomic E-state index is 0.0342. The fourth-order valence-electron chi connectivity index (χ4n) is 5.49. The molecule has 0 radical (unpaired) electrons. The van der Waals surface area contributed by atoms with Crippen molar-refractivity contribution >= 4 is 10.8 Å². The van der Waals surface area contributed by atoms with Gasteiger partial charge in [0.15, 0.2) is 6.10 Å². The van der Waals surface area contributed by atoms with Crippen LogP contribution in [0, 0.1) is 0 Å². The summed E-state index contributed by atoms with van der Waals surface area (Å²) < 4.78 is 12.7. The first-order valence-electron chi connectivity index (χ1n) is 12.8. The number of phenolic OH excluding ortho intramolecular Hbond substituents is 1. The van der Waals surface area contributed by atoms with E-state index in [-0.39, 0.29) is 18.5 Å². The number of benzene rings is 4. The molecule has 0 spiro atoms. The molecular formula is C31H31NO4. The van der Waals surface area contributed by atoms with Gasteiger partial charge in [0.1, 0.15) is 17.2 Å². The number of hydrogen-bond acceptors (Lipinski definition) is 5. The Kier molecular flexibility index (Phi) is 6.26. The van der Waals surface area contributed by atoms with Crippen LogP contribution in [0.4, 0.5) is 0 Å². The predicted octanol–water partition coefficient (Wildman–Crippen LogP) is 6.10. The number of piperidine rings is 1. The first-order valence-corrected chi connectivity index (χ1v) is 12.8. The fourth-order valence-corrected chi connectivity index (χ4v) is 5.49. The van der Waals surface area contributed by atoms with Crippen LogP contribution < -0.4 is 14.8 Å². The van der Waals surface area contributed by atoms with Crippen LogP contribution in [-0.4, -0.2) is 29.4 Å². The number of phenols is 1. The highest BCUT2D eigenvalue weighted by Gasteiger charge is 2.29. The molecular weight excluding hydrogens is 450 g/mol. The third kappa shape index (κ3) is 4.41. The SMILES string of the molecule is OCc1ccc2c(c1)OC(c1ccc(OCCC3CCCCN3)cc1)c1c-2ccc2cc(O)ccc12. The Morgan fingerprint density at radius 3 is 2.58 bits per heavy atom. The molecule has 0 saturated carbocycles. The van der Waals surface area contributed by atoms with Gasteiger partial charge >= 0.3 is 0 Å². The summed E-state index contributed by atoms with van der Waals surface area (Å²) >= 11 is 0. The molecule has 2 aliphatic heterocycles. The number of rotatable bonds is 6. The zero-order valence-corrected chi connectivity index (χ0v) is 20.2. The maximum atomic E-state index is 10.0. The zero-order chi connectivity index (χ0) is 24.5. The standard InChI is InChI=1S/C31H31NO4/c33-19-20-4-11-27-28-12-7-22-18-24(34)8-13-26(22)30(28)31(36-29(27)17-20)21-5-9-25(10-6-21)35-16-14-23-3-1-2-15-32-23/h4-13,17-18,23,31-34H,1-3,14-16,19H2. The Bertz CT molecular complexity index is 1380. The van der Waals surface area contributed by atoms with E-state index in [0.29, 0.717) is 12.6 Å². The Hall–Kier alpha value is -3.54. The average Bonchev–Trinajstić information content (AvgIpc) is 2.92. The lowest BCUT2D eigenvalue weighted by atomic mass is 9.85. The van der Waals surface area contributed by atoms with Crippen molar-refractivity contribution < 1.29 is 19.7 Å². The highest BCUT2D eigenvalue weighted by molar-refractivity contribution is 5.95. The van der Waals surface area contributed by atoms with Crippen molar-refractivity contribution in [2.24, 2.45) is 0 Å². The minimum atomic E-state index is -0.324. The molecule has 4 aromatic rings. The van der Waals surface area contributed by atoms with Gasteiger partial charge in [-0.3, -0.25) is 0 Å². The van der Waals surface area contributed by atoms with Gasteiger partial charge in [-0.15, -0.1) is 0 Å². The van der Waals surface area contributed by atoms with Crippen molar-refractivity contribution in [3.8, 4) is 28.4 Å². The number of fused-ring (bicyclic) bond motifs is 5. The zero-order valence-electron chi connectivity index (χ0n) is 20.2. The van der Waals surface area contributed by atoms with E-state index in [9.17, 15) is 10.2 Å². The molecule has 1 saturated heterocycles. The van der Waals surface area contributed by atoms with E-state index in [1.54, 1.807) is 12.1 Å². The smallest absolute Gasteiger partial charge is 0.150 e. The van der Waals surface area contributed by atoms with Gasteiger partial charge in [0, 0.05) is 17.2 Å². The summed E-state index contributed by atoms with van der Waals surface area (Å²) in [6, 6.07) is 24.2. The van der Waals surface area contributed by atoms with Crippen molar-refractivity contribution in [3.05, 3.63) is 89.5 Å². The number of hydrogen-bond donors (Lipinski definition) is 3. The third-order valence-corrected chi connectivity index (χ3v) is 7.40. The fraction of sp³-hybridized carbons (Fsp3) is 0.290. The number of aliphatic hydroxyl groups excluding tert-OH is 1. The molecule has 0 aromatic heterocycles. The molecule has 2 aliphatic rings. The molecule has 36 heavy (non-hydrogen) atoms. The molecule has 0 bridgehead atoms. The second-order valence-electron chi connectivity index (χ2n) is 9.77. The monoisotopic (exact) mass is 481 g/mol. The number of aromatic hydroxyl groups is 1. The van der Waals surface area contributed by atoms with E-state index in [1.165, 1.54) is 19.3 Å². The summed E-state index contributed by atoms with van der Waals surface area (Å²) in [5.41, 5.74) is 5.03. The molecule has 5 nitrogen and oxygen atoms in total. The minimum Gasteiger partial charge on any atom is -0.508 e. The maximum Gasteiger partial charge on any atom is 0.150 e. The van der Waals surface area contributed by atoms with E-state index in [0.717, 1.165) is 63.1 Å². The first-order chi connectivity index (χ1) is 17.7. The van der Waals surface area contributed by atoms with Gasteiger partial charge in [-0.2, -0.15) is 0 Å². The lowest BCUT2D eigenvalue weighted by molar-refractivity contribution is 0.242. The predicted molar refractivity (Wildman–Crippen MR) is 142 cm³/mol. The lowest BCUT2D eigenvalue weighted by Gasteiger charge is -2.31. The Balaban J connectivity index is 1.32. The number of nitrogens with one attached hydrogen (secondary N) is 1. The Labute approximate surface area is 211 Å². The van der Waals surface area contributed by atoms with Gasteiger partial charge in [-0.1, -0.05) is 48.9 Å². The summed E-state index contributed by atoms with van der Waals surface area (Å²) in [5, 5.41) is 25.3. The van der Waals surface area contributed by atoms with Crippen molar-refractivity contribution in [2.45, 2.75) is 44.4 Å². The molecule has 6 rings (SSSR count). The Morgan fingerprint density at radius 2 is 1.78 bits per heavy atom. The second-order valence-corrected chi connectivity index (χ2v) is 9.77. The van der Waals surface area contributed by atoms with Crippen LogP contribution in [0.2, 0.25) is 0 Å².